The van der Waals surface area contributed by atoms with Crippen molar-refractivity contribution < 1.29 is 15.1 Å². The predicted molar refractivity (Wildman–Crippen MR) is 49.3 cm³/mol. The average molecular weight is 473 g/mol. The van der Waals surface area contributed by atoms with Crippen LogP contribution in [0.25, 0.3) is 0 Å². The van der Waals surface area contributed by atoms with Crippen LogP contribution in [-0.4, -0.2) is 11.0 Å². The van der Waals surface area contributed by atoms with Crippen LogP contribution < -0.4 is 0 Å². The molecule has 0 heterocycles. The van der Waals surface area contributed by atoms with Crippen LogP contribution in [0, 0.1) is 0 Å². The standard InChI is InChI=1S/Fe.3HI.2H2O/h;3*1H;2*1H2/q+3;;;;;/p-3. The first-order chi connectivity index (χ1) is 1.73. The molecule has 0 rings (SSSR count). The molecule has 0 saturated carbocycles. The van der Waals surface area contributed by atoms with Crippen LogP contribution in [0.3, 0.4) is 0 Å². The fraction of sp³-hybridized carbons (Fsp3) is 0. The van der Waals surface area contributed by atoms with Gasteiger partial charge in [-0.05, 0) is 0 Å². The number of hydrogen-bond donors (Lipinski definition) is 0. The van der Waals surface area contributed by atoms with E-state index < -0.39 is 0 Å². The Morgan fingerprint density at radius 1 is 0.833 bits per heavy atom. The van der Waals surface area contributed by atoms with E-state index in [0.29, 0.717) is 0 Å². The third-order valence-electron chi connectivity index (χ3n) is 0. The van der Waals surface area contributed by atoms with Gasteiger partial charge in [-0.15, -0.1) is 0 Å². The molecule has 0 atom stereocenters. The number of hydrogen-bond acceptors (Lipinski definition) is 0. The summed E-state index contributed by atoms with van der Waals surface area (Å²) in [5, 5.41) is 0. The molecule has 0 saturated heterocycles. The molecule has 0 aromatic carbocycles. The Morgan fingerprint density at radius 3 is 0.833 bits per heavy atom. The van der Waals surface area contributed by atoms with E-state index in [0.717, 1.165) is 0 Å². The second-order valence-corrected chi connectivity index (χ2v) is 28.1. The molecular formula is H4FeI3O2. The molecule has 0 amide bonds. The molecule has 6 heteroatoms. The van der Waals surface area contributed by atoms with Crippen molar-refractivity contribution in [1.82, 2.24) is 0 Å². The van der Waals surface area contributed by atoms with Gasteiger partial charge in [0.05, 0.1) is 0 Å². The molecule has 0 aromatic heterocycles. The topological polar surface area (TPSA) is 63.0 Å². The van der Waals surface area contributed by atoms with Crippen molar-refractivity contribution >= 4 is 61.0 Å². The molecule has 0 aliphatic rings. The van der Waals surface area contributed by atoms with Crippen molar-refractivity contribution in [1.29, 1.82) is 0 Å². The molecule has 0 radical (unpaired) electrons. The van der Waals surface area contributed by atoms with Crippen LogP contribution in [0.1, 0.15) is 0 Å². The summed E-state index contributed by atoms with van der Waals surface area (Å²) in [4.78, 5) is 0. The molecule has 0 unspecified atom stereocenters. The van der Waals surface area contributed by atoms with E-state index in [1.807, 2.05) is 0 Å². The van der Waals surface area contributed by atoms with Crippen LogP contribution in [0.2, 0.25) is 0 Å². The van der Waals surface area contributed by atoms with Gasteiger partial charge >= 0.3 is 65.2 Å². The molecule has 0 aliphatic heterocycles. The molecule has 45 valence electrons. The number of rotatable bonds is 0. The van der Waals surface area contributed by atoms with Gasteiger partial charge in [0.2, 0.25) is 0 Å². The number of halogens is 3. The minimum atomic E-state index is 0. The molecular weight excluding hydrogens is 469 g/mol. The molecule has 0 aliphatic carbocycles. The summed E-state index contributed by atoms with van der Waals surface area (Å²) in [5.41, 5.74) is 0. The van der Waals surface area contributed by atoms with E-state index >= 15 is 0 Å². The normalized spacial score (nSPS) is 7.50. The van der Waals surface area contributed by atoms with Gasteiger partial charge in [-0.2, -0.15) is 0 Å². The van der Waals surface area contributed by atoms with Crippen molar-refractivity contribution in [3.05, 3.63) is 0 Å². The summed E-state index contributed by atoms with van der Waals surface area (Å²) in [5.74, 6) is 0. The first kappa shape index (κ1) is 15.9. The Bertz CT molecular complexity index is 13.5. The molecule has 2 nitrogen and oxygen atoms in total. The van der Waals surface area contributed by atoms with Gasteiger partial charge in [0, 0.05) is 0 Å². The molecule has 4 N–H and O–H groups in total. The predicted octanol–water partition coefficient (Wildman–Crippen LogP) is 1.01. The zero-order valence-electron chi connectivity index (χ0n) is 2.49. The summed E-state index contributed by atoms with van der Waals surface area (Å²) in [6.07, 6.45) is 0. The first-order valence-electron chi connectivity index (χ1n) is 0.401. The zero-order chi connectivity index (χ0) is 3.58. The van der Waals surface area contributed by atoms with Gasteiger partial charge in [0.1, 0.15) is 0 Å². The summed E-state index contributed by atoms with van der Waals surface area (Å²) in [7, 11) is 0. The van der Waals surface area contributed by atoms with Gasteiger partial charge in [0.25, 0.3) is 0 Å². The second-order valence-electron chi connectivity index (χ2n) is 0.152. The van der Waals surface area contributed by atoms with Crippen molar-refractivity contribution in [2.75, 3.05) is 0 Å². The van der Waals surface area contributed by atoms with Gasteiger partial charge < -0.3 is 11.0 Å². The van der Waals surface area contributed by atoms with Crippen molar-refractivity contribution in [2.24, 2.45) is 0 Å². The monoisotopic (exact) mass is 473 g/mol. The van der Waals surface area contributed by atoms with Crippen LogP contribution in [0.4, 0.5) is 0 Å². The maximum atomic E-state index is 2.40. The van der Waals surface area contributed by atoms with E-state index in [-0.39, 0.29) is 15.1 Å². The third kappa shape index (κ3) is 30.4. The van der Waals surface area contributed by atoms with Gasteiger partial charge in [-0.1, -0.05) is 0 Å². The summed E-state index contributed by atoms with van der Waals surface area (Å²) in [6, 6.07) is 0. The molecule has 0 fully saturated rings. The Balaban J connectivity index is -0.0000000450. The van der Waals surface area contributed by atoms with E-state index in [2.05, 4.69) is 61.0 Å². The van der Waals surface area contributed by atoms with Gasteiger partial charge in [0.15, 0.2) is 0 Å². The van der Waals surface area contributed by atoms with Crippen molar-refractivity contribution in [2.45, 2.75) is 0 Å². The fourth-order valence-electron chi connectivity index (χ4n) is 0. The fourth-order valence-corrected chi connectivity index (χ4v) is 0. The van der Waals surface area contributed by atoms with Crippen LogP contribution in [0.15, 0.2) is 0 Å². The maximum absolute atomic E-state index is 2.40. The summed E-state index contributed by atoms with van der Waals surface area (Å²) >= 11 is 7.20. The van der Waals surface area contributed by atoms with Gasteiger partial charge in [-0.3, -0.25) is 0 Å². The van der Waals surface area contributed by atoms with E-state index in [1.54, 1.807) is 0 Å². The Kier molecular flexibility index (Phi) is 28.0. The molecule has 0 bridgehead atoms. The van der Waals surface area contributed by atoms with E-state index in [4.69, 9.17) is 0 Å². The minimum absolute atomic E-state index is 0. The van der Waals surface area contributed by atoms with Crippen LogP contribution in [0.5, 0.6) is 0 Å². The van der Waals surface area contributed by atoms with E-state index in [1.165, 1.54) is 0 Å². The third-order valence-corrected chi connectivity index (χ3v) is 0. The van der Waals surface area contributed by atoms with E-state index in [9.17, 15) is 0 Å². The van der Waals surface area contributed by atoms with Crippen molar-refractivity contribution in [3.63, 3.8) is 0 Å². The first-order valence-corrected chi connectivity index (χ1v) is 11.1. The SMILES string of the molecule is O.O.[I][Fe]([I])[I]. The second kappa shape index (κ2) is 10.6. The molecule has 6 heavy (non-hydrogen) atoms. The Hall–Kier alpha value is 2.63. The van der Waals surface area contributed by atoms with Gasteiger partial charge in [-0.25, -0.2) is 0 Å². The zero-order valence-corrected chi connectivity index (χ0v) is 10.1. The van der Waals surface area contributed by atoms with Crippen LogP contribution >= 0.6 is 61.0 Å². The summed E-state index contributed by atoms with van der Waals surface area (Å²) < 4.78 is 0.160. The molecule has 0 aromatic rings. The average Bonchev–Trinajstić information content (AvgIpc) is 0.811. The van der Waals surface area contributed by atoms with Crippen molar-refractivity contribution in [3.8, 4) is 0 Å². The Labute approximate surface area is 74.5 Å². The summed E-state index contributed by atoms with van der Waals surface area (Å²) in [6.45, 7) is 0. The quantitative estimate of drug-likeness (QED) is 0.373. The molecule has 0 spiro atoms. The Morgan fingerprint density at radius 2 is 0.833 bits per heavy atom. The van der Waals surface area contributed by atoms with Crippen LogP contribution in [-0.2, 0) is 4.15 Å².